The molecule has 0 spiro atoms. The molecule has 0 aromatic heterocycles. The van der Waals surface area contributed by atoms with Crippen LogP contribution in [0.4, 0.5) is 0 Å². The molecule has 84 valence electrons. The van der Waals surface area contributed by atoms with Gasteiger partial charge >= 0.3 is 0 Å². The zero-order valence-corrected chi connectivity index (χ0v) is 11.4. The summed E-state index contributed by atoms with van der Waals surface area (Å²) in [5.41, 5.74) is 7.19. The SMILES string of the molecule is NC(=O)C1=CCN(SI)C1c1ccccc1. The van der Waals surface area contributed by atoms with E-state index in [0.29, 0.717) is 5.57 Å². The number of carbonyl (C=O) groups is 1. The summed E-state index contributed by atoms with van der Waals surface area (Å²) in [6, 6.07) is 9.94. The summed E-state index contributed by atoms with van der Waals surface area (Å²) < 4.78 is 2.13. The summed E-state index contributed by atoms with van der Waals surface area (Å²) in [4.78, 5) is 11.4. The quantitative estimate of drug-likeness (QED) is 0.676. The van der Waals surface area contributed by atoms with Gasteiger partial charge in [-0.3, -0.25) is 4.79 Å². The molecule has 1 aromatic carbocycles. The van der Waals surface area contributed by atoms with Crippen molar-refractivity contribution in [2.75, 3.05) is 6.54 Å². The Morgan fingerprint density at radius 3 is 2.69 bits per heavy atom. The smallest absolute Gasteiger partial charge is 0.246 e. The molecule has 2 rings (SSSR count). The fourth-order valence-corrected chi connectivity index (χ4v) is 3.46. The molecule has 0 saturated carbocycles. The Balaban J connectivity index is 2.35. The van der Waals surface area contributed by atoms with Crippen LogP contribution in [-0.4, -0.2) is 16.8 Å². The third-order valence-electron chi connectivity index (χ3n) is 2.56. The van der Waals surface area contributed by atoms with E-state index in [0.717, 1.165) is 12.1 Å². The van der Waals surface area contributed by atoms with Crippen molar-refractivity contribution < 1.29 is 4.79 Å². The minimum absolute atomic E-state index is 0.0133. The van der Waals surface area contributed by atoms with Crippen LogP contribution in [0.2, 0.25) is 0 Å². The Labute approximate surface area is 111 Å². The fraction of sp³-hybridized carbons (Fsp3) is 0.182. The first-order valence-corrected chi connectivity index (χ1v) is 8.16. The zero-order chi connectivity index (χ0) is 11.5. The van der Waals surface area contributed by atoms with Crippen molar-refractivity contribution in [2.45, 2.75) is 6.04 Å². The van der Waals surface area contributed by atoms with Gasteiger partial charge in [0.1, 0.15) is 0 Å². The Kier molecular flexibility index (Phi) is 3.88. The summed E-state index contributed by atoms with van der Waals surface area (Å²) in [5, 5.41) is 0. The number of primary amides is 1. The minimum atomic E-state index is -0.332. The number of hydrogen-bond donors (Lipinski definition) is 1. The molecule has 1 unspecified atom stereocenters. The number of halogens is 1. The molecule has 1 aliphatic heterocycles. The Hall–Kier alpha value is -0.530. The van der Waals surface area contributed by atoms with Crippen molar-refractivity contribution in [1.82, 2.24) is 4.31 Å². The standard InChI is InChI=1S/C11H11IN2OS/c12-16-14-7-6-9(11(13)15)10(14)8-4-2-1-3-5-8/h1-6,10H,7H2,(H2,13,15). The van der Waals surface area contributed by atoms with Crippen LogP contribution in [0, 0.1) is 0 Å². The summed E-state index contributed by atoms with van der Waals surface area (Å²) in [6.45, 7) is 0.755. The largest absolute Gasteiger partial charge is 0.366 e. The normalized spacial score (nSPS) is 20.8. The molecule has 1 amide bonds. The highest BCUT2D eigenvalue weighted by atomic mass is 127. The van der Waals surface area contributed by atoms with Gasteiger partial charge in [-0.2, -0.15) is 0 Å². The van der Waals surface area contributed by atoms with Gasteiger partial charge < -0.3 is 5.73 Å². The van der Waals surface area contributed by atoms with Gasteiger partial charge in [0, 0.05) is 33.3 Å². The molecule has 0 bridgehead atoms. The van der Waals surface area contributed by atoms with Crippen LogP contribution in [-0.2, 0) is 4.79 Å². The topological polar surface area (TPSA) is 46.3 Å². The molecule has 0 saturated heterocycles. The van der Waals surface area contributed by atoms with E-state index in [1.165, 1.54) is 0 Å². The highest BCUT2D eigenvalue weighted by Gasteiger charge is 2.31. The van der Waals surface area contributed by atoms with Crippen molar-refractivity contribution in [2.24, 2.45) is 5.73 Å². The van der Waals surface area contributed by atoms with Crippen molar-refractivity contribution in [3.05, 3.63) is 47.5 Å². The van der Waals surface area contributed by atoms with Crippen molar-refractivity contribution in [1.29, 1.82) is 0 Å². The van der Waals surface area contributed by atoms with E-state index < -0.39 is 0 Å². The molecular formula is C11H11IN2OS. The van der Waals surface area contributed by atoms with Crippen LogP contribution >= 0.6 is 30.3 Å². The fourth-order valence-electron chi connectivity index (χ4n) is 1.85. The molecule has 1 heterocycles. The second-order valence-electron chi connectivity index (χ2n) is 3.51. The van der Waals surface area contributed by atoms with Crippen molar-refractivity contribution in [3.63, 3.8) is 0 Å². The minimum Gasteiger partial charge on any atom is -0.366 e. The highest BCUT2D eigenvalue weighted by Crippen LogP contribution is 2.39. The maximum atomic E-state index is 11.4. The average molecular weight is 346 g/mol. The summed E-state index contributed by atoms with van der Waals surface area (Å²) in [7, 11) is 1.60. The average Bonchev–Trinajstić information content (AvgIpc) is 2.73. The van der Waals surface area contributed by atoms with Crippen LogP contribution < -0.4 is 5.73 Å². The molecule has 2 N–H and O–H groups in total. The molecule has 0 radical (unpaired) electrons. The van der Waals surface area contributed by atoms with E-state index in [9.17, 15) is 4.79 Å². The first kappa shape index (κ1) is 11.9. The van der Waals surface area contributed by atoms with E-state index >= 15 is 0 Å². The van der Waals surface area contributed by atoms with E-state index in [4.69, 9.17) is 5.73 Å². The lowest BCUT2D eigenvalue weighted by atomic mass is 10.0. The molecule has 1 aromatic rings. The lowest BCUT2D eigenvalue weighted by Gasteiger charge is -2.23. The van der Waals surface area contributed by atoms with Gasteiger partial charge in [-0.15, -0.1) is 0 Å². The summed E-state index contributed by atoms with van der Waals surface area (Å²) in [6.07, 6.45) is 1.91. The highest BCUT2D eigenvalue weighted by molar-refractivity contribution is 14.2. The van der Waals surface area contributed by atoms with Crippen molar-refractivity contribution >= 4 is 36.2 Å². The lowest BCUT2D eigenvalue weighted by molar-refractivity contribution is -0.114. The molecule has 0 aliphatic carbocycles. The number of amides is 1. The molecule has 3 nitrogen and oxygen atoms in total. The molecule has 16 heavy (non-hydrogen) atoms. The van der Waals surface area contributed by atoms with Gasteiger partial charge in [-0.1, -0.05) is 36.4 Å². The van der Waals surface area contributed by atoms with Gasteiger partial charge in [0.05, 0.1) is 6.04 Å². The first-order chi connectivity index (χ1) is 7.74. The van der Waals surface area contributed by atoms with Gasteiger partial charge in [-0.05, 0) is 14.7 Å². The van der Waals surface area contributed by atoms with Gasteiger partial charge in [0.2, 0.25) is 5.91 Å². The third kappa shape index (κ3) is 2.26. The Bertz CT molecular complexity index is 421. The van der Waals surface area contributed by atoms with E-state index in [-0.39, 0.29) is 11.9 Å². The van der Waals surface area contributed by atoms with Crippen LogP contribution in [0.3, 0.4) is 0 Å². The Morgan fingerprint density at radius 2 is 2.12 bits per heavy atom. The predicted octanol–water partition coefficient (Wildman–Crippen LogP) is 2.45. The summed E-state index contributed by atoms with van der Waals surface area (Å²) >= 11 is 2.22. The maximum Gasteiger partial charge on any atom is 0.246 e. The number of hydrogen-bond acceptors (Lipinski definition) is 3. The molecular weight excluding hydrogens is 335 g/mol. The third-order valence-corrected chi connectivity index (χ3v) is 4.62. The van der Waals surface area contributed by atoms with Crippen LogP contribution in [0.5, 0.6) is 0 Å². The number of nitrogens with two attached hydrogens (primary N) is 1. The second kappa shape index (κ2) is 5.20. The number of nitrogens with zero attached hydrogens (tertiary/aromatic N) is 1. The van der Waals surface area contributed by atoms with E-state index in [1.807, 2.05) is 36.4 Å². The molecule has 0 fully saturated rings. The maximum absolute atomic E-state index is 11.4. The lowest BCUT2D eigenvalue weighted by Crippen LogP contribution is -2.23. The van der Waals surface area contributed by atoms with Gasteiger partial charge in [0.25, 0.3) is 0 Å². The van der Waals surface area contributed by atoms with Gasteiger partial charge in [0.15, 0.2) is 0 Å². The molecule has 1 atom stereocenters. The zero-order valence-electron chi connectivity index (χ0n) is 8.47. The first-order valence-electron chi connectivity index (χ1n) is 4.84. The van der Waals surface area contributed by atoms with E-state index in [1.54, 1.807) is 9.12 Å². The predicted molar refractivity (Wildman–Crippen MR) is 74.8 cm³/mol. The summed E-state index contributed by atoms with van der Waals surface area (Å²) in [5.74, 6) is -0.332. The van der Waals surface area contributed by atoms with Crippen LogP contribution in [0.15, 0.2) is 42.0 Å². The number of benzene rings is 1. The molecule has 5 heteroatoms. The van der Waals surface area contributed by atoms with Crippen LogP contribution in [0.25, 0.3) is 0 Å². The Morgan fingerprint density at radius 1 is 1.44 bits per heavy atom. The monoisotopic (exact) mass is 346 g/mol. The number of rotatable bonds is 3. The van der Waals surface area contributed by atoms with Crippen LogP contribution in [0.1, 0.15) is 11.6 Å². The number of carbonyl (C=O) groups excluding carboxylic acids is 1. The molecule has 1 aliphatic rings. The van der Waals surface area contributed by atoms with E-state index in [2.05, 4.69) is 25.5 Å². The second-order valence-corrected chi connectivity index (χ2v) is 5.29. The van der Waals surface area contributed by atoms with Gasteiger partial charge in [-0.25, -0.2) is 4.31 Å². The van der Waals surface area contributed by atoms with Crippen molar-refractivity contribution in [3.8, 4) is 0 Å².